The molecule has 122 valence electrons. The summed E-state index contributed by atoms with van der Waals surface area (Å²) in [5.74, 6) is -1.90. The van der Waals surface area contributed by atoms with E-state index in [1.54, 1.807) is 6.92 Å². The van der Waals surface area contributed by atoms with E-state index >= 15 is 0 Å². The predicted octanol–water partition coefficient (Wildman–Crippen LogP) is 2.38. The topological polar surface area (TPSA) is 93.6 Å². The van der Waals surface area contributed by atoms with Crippen molar-refractivity contribution in [2.45, 2.75) is 20.3 Å². The minimum atomic E-state index is -1.44. The molecule has 1 aromatic carbocycles. The van der Waals surface area contributed by atoms with Crippen LogP contribution in [0.15, 0.2) is 23.0 Å². The van der Waals surface area contributed by atoms with E-state index in [2.05, 4.69) is 4.98 Å². The second-order valence-electron chi connectivity index (χ2n) is 5.58. The summed E-state index contributed by atoms with van der Waals surface area (Å²) in [4.78, 5) is 27.8. The molecule has 0 atom stereocenters. The first-order chi connectivity index (χ1) is 10.8. The highest BCUT2D eigenvalue weighted by Crippen LogP contribution is 2.32. The number of carbonyl (C=O) groups is 1. The molecule has 0 radical (unpaired) electrons. The fourth-order valence-electron chi connectivity index (χ4n) is 2.61. The Kier molecular flexibility index (Phi) is 4.45. The molecule has 0 aliphatic heterocycles. The van der Waals surface area contributed by atoms with Gasteiger partial charge in [0.15, 0.2) is 5.56 Å². The Morgan fingerprint density at radius 3 is 2.43 bits per heavy atom. The van der Waals surface area contributed by atoms with Gasteiger partial charge in [-0.2, -0.15) is 0 Å². The van der Waals surface area contributed by atoms with Crippen LogP contribution in [0, 0.1) is 6.92 Å². The van der Waals surface area contributed by atoms with Crippen LogP contribution in [0.1, 0.15) is 28.4 Å². The molecular formula is C17H20N2O4. The van der Waals surface area contributed by atoms with Gasteiger partial charge in [-0.15, -0.1) is 0 Å². The number of carboxylic acid groups (broad SMARTS) is 1. The zero-order valence-corrected chi connectivity index (χ0v) is 13.6. The van der Waals surface area contributed by atoms with E-state index in [1.807, 2.05) is 44.1 Å². The van der Waals surface area contributed by atoms with Gasteiger partial charge >= 0.3 is 5.97 Å². The largest absolute Gasteiger partial charge is 0.506 e. The lowest BCUT2D eigenvalue weighted by atomic mass is 9.97. The van der Waals surface area contributed by atoms with Crippen LogP contribution >= 0.6 is 0 Å². The van der Waals surface area contributed by atoms with Crippen LogP contribution in [0.4, 0.5) is 5.69 Å². The van der Waals surface area contributed by atoms with Crippen molar-refractivity contribution in [3.63, 3.8) is 0 Å². The first-order valence-corrected chi connectivity index (χ1v) is 7.27. The summed E-state index contributed by atoms with van der Waals surface area (Å²) in [6, 6.07) is 5.73. The van der Waals surface area contributed by atoms with Crippen molar-refractivity contribution >= 4 is 11.7 Å². The second kappa shape index (κ2) is 6.16. The van der Waals surface area contributed by atoms with Crippen LogP contribution in [0.3, 0.4) is 0 Å². The van der Waals surface area contributed by atoms with Gasteiger partial charge in [0, 0.05) is 30.9 Å². The van der Waals surface area contributed by atoms with E-state index in [0.717, 1.165) is 16.8 Å². The van der Waals surface area contributed by atoms with E-state index in [-0.39, 0.29) is 0 Å². The van der Waals surface area contributed by atoms with Crippen molar-refractivity contribution in [3.05, 3.63) is 45.2 Å². The first kappa shape index (κ1) is 16.6. The summed E-state index contributed by atoms with van der Waals surface area (Å²) in [6.45, 7) is 3.70. The van der Waals surface area contributed by atoms with Crippen LogP contribution in [0.5, 0.6) is 5.75 Å². The zero-order valence-electron chi connectivity index (χ0n) is 13.6. The Bertz CT molecular complexity index is 822. The monoisotopic (exact) mass is 316 g/mol. The van der Waals surface area contributed by atoms with E-state index in [9.17, 15) is 14.7 Å². The van der Waals surface area contributed by atoms with Crippen LogP contribution in [-0.4, -0.2) is 35.3 Å². The molecule has 2 rings (SSSR count). The Labute approximate surface area is 134 Å². The molecule has 0 aliphatic rings. The van der Waals surface area contributed by atoms with Crippen molar-refractivity contribution in [2.75, 3.05) is 19.0 Å². The van der Waals surface area contributed by atoms with Gasteiger partial charge in [-0.05, 0) is 31.0 Å². The number of aromatic amines is 1. The SMILES string of the molecule is CCc1c(-c2ccc(N(C)C)cc2C)[nH]c(=O)c(C(=O)O)c1O. The number of hydrogen-bond donors (Lipinski definition) is 3. The Morgan fingerprint density at radius 1 is 1.30 bits per heavy atom. The molecule has 1 aromatic heterocycles. The lowest BCUT2D eigenvalue weighted by Crippen LogP contribution is -2.20. The number of carboxylic acids is 1. The quantitative estimate of drug-likeness (QED) is 0.805. The van der Waals surface area contributed by atoms with Crippen LogP contribution in [-0.2, 0) is 6.42 Å². The minimum absolute atomic E-state index is 0.396. The number of nitrogens with zero attached hydrogens (tertiary/aromatic N) is 1. The maximum absolute atomic E-state index is 12.0. The van der Waals surface area contributed by atoms with Crippen molar-refractivity contribution in [2.24, 2.45) is 0 Å². The Balaban J connectivity index is 2.74. The number of hydrogen-bond acceptors (Lipinski definition) is 4. The fraction of sp³-hybridized carbons (Fsp3) is 0.294. The smallest absolute Gasteiger partial charge is 0.345 e. The number of nitrogens with one attached hydrogen (secondary N) is 1. The molecule has 0 saturated heterocycles. The molecule has 0 amide bonds. The predicted molar refractivity (Wildman–Crippen MR) is 89.6 cm³/mol. The maximum atomic E-state index is 12.0. The van der Waals surface area contributed by atoms with Gasteiger partial charge in [0.05, 0.1) is 5.69 Å². The summed E-state index contributed by atoms with van der Waals surface area (Å²) in [6.07, 6.45) is 0.396. The van der Waals surface area contributed by atoms with E-state index in [1.165, 1.54) is 0 Å². The number of pyridine rings is 1. The van der Waals surface area contributed by atoms with Gasteiger partial charge in [-0.1, -0.05) is 13.0 Å². The van der Waals surface area contributed by atoms with Crippen molar-refractivity contribution < 1.29 is 15.0 Å². The molecule has 1 heterocycles. The fourth-order valence-corrected chi connectivity index (χ4v) is 2.61. The first-order valence-electron chi connectivity index (χ1n) is 7.27. The standard InChI is InChI=1S/C17H20N2O4/c1-5-11-14(18-16(21)13(15(11)20)17(22)23)12-7-6-10(19(3)4)8-9(12)2/h6-8H,5H2,1-4H3,(H,22,23)(H2,18,20,21). The average Bonchev–Trinajstić information content (AvgIpc) is 2.46. The van der Waals surface area contributed by atoms with E-state index in [0.29, 0.717) is 17.7 Å². The van der Waals surface area contributed by atoms with E-state index in [4.69, 9.17) is 5.11 Å². The lowest BCUT2D eigenvalue weighted by molar-refractivity contribution is 0.0691. The molecule has 0 bridgehead atoms. The molecule has 6 heteroatoms. The molecule has 23 heavy (non-hydrogen) atoms. The lowest BCUT2D eigenvalue weighted by Gasteiger charge is -2.17. The van der Waals surface area contributed by atoms with Gasteiger partial charge in [-0.3, -0.25) is 4.79 Å². The summed E-state index contributed by atoms with van der Waals surface area (Å²) in [5.41, 5.74) is 2.15. The summed E-state index contributed by atoms with van der Waals surface area (Å²) in [5, 5.41) is 19.3. The molecule has 3 N–H and O–H groups in total. The second-order valence-corrected chi connectivity index (χ2v) is 5.58. The molecule has 0 unspecified atom stereocenters. The van der Waals surface area contributed by atoms with Crippen molar-refractivity contribution in [1.82, 2.24) is 4.98 Å². The molecule has 2 aromatic rings. The Hall–Kier alpha value is -2.76. The van der Waals surface area contributed by atoms with E-state index < -0.39 is 22.8 Å². The molecule has 6 nitrogen and oxygen atoms in total. The number of aromatic hydroxyl groups is 1. The third kappa shape index (κ3) is 2.92. The average molecular weight is 316 g/mol. The van der Waals surface area contributed by atoms with Gasteiger partial charge in [-0.25, -0.2) is 4.79 Å². The normalized spacial score (nSPS) is 10.6. The molecular weight excluding hydrogens is 296 g/mol. The number of H-pyrrole nitrogens is 1. The van der Waals surface area contributed by atoms with Crippen LogP contribution in [0.25, 0.3) is 11.3 Å². The molecule has 0 spiro atoms. The summed E-state index contributed by atoms with van der Waals surface area (Å²) >= 11 is 0. The highest BCUT2D eigenvalue weighted by atomic mass is 16.4. The van der Waals surface area contributed by atoms with Crippen LogP contribution in [0.2, 0.25) is 0 Å². The number of aromatic carboxylic acids is 1. The third-order valence-electron chi connectivity index (χ3n) is 3.85. The molecule has 0 saturated carbocycles. The number of aromatic nitrogens is 1. The van der Waals surface area contributed by atoms with Gasteiger partial charge < -0.3 is 20.1 Å². The van der Waals surface area contributed by atoms with Gasteiger partial charge in [0.25, 0.3) is 5.56 Å². The van der Waals surface area contributed by atoms with Gasteiger partial charge in [0.1, 0.15) is 5.75 Å². The zero-order chi connectivity index (χ0) is 17.3. The molecule has 0 fully saturated rings. The number of anilines is 1. The van der Waals surface area contributed by atoms with Gasteiger partial charge in [0.2, 0.25) is 0 Å². The maximum Gasteiger partial charge on any atom is 0.345 e. The van der Waals surface area contributed by atoms with Crippen molar-refractivity contribution in [1.29, 1.82) is 0 Å². The highest BCUT2D eigenvalue weighted by Gasteiger charge is 2.22. The van der Waals surface area contributed by atoms with Crippen LogP contribution < -0.4 is 10.5 Å². The summed E-state index contributed by atoms with van der Waals surface area (Å²) < 4.78 is 0. The third-order valence-corrected chi connectivity index (χ3v) is 3.85. The molecule has 0 aliphatic carbocycles. The Morgan fingerprint density at radius 2 is 1.96 bits per heavy atom. The van der Waals surface area contributed by atoms with Crippen molar-refractivity contribution in [3.8, 4) is 17.0 Å². The minimum Gasteiger partial charge on any atom is -0.506 e. The highest BCUT2D eigenvalue weighted by molar-refractivity contribution is 5.92. The summed E-state index contributed by atoms with van der Waals surface area (Å²) in [7, 11) is 3.86. The number of aryl methyl sites for hydroxylation is 1. The number of benzene rings is 1. The number of rotatable bonds is 4.